The number of hydrogen-bond donors (Lipinski definition) is 1. The average molecular weight is 343 g/mol. The molecular weight excluding hydrogens is 326 g/mol. The lowest BCUT2D eigenvalue weighted by Crippen LogP contribution is -2.41. The Hall–Kier alpha value is -2.28. The lowest BCUT2D eigenvalue weighted by atomic mass is 10.0. The molecule has 1 atom stereocenters. The second kappa shape index (κ2) is 5.66. The lowest BCUT2D eigenvalue weighted by Gasteiger charge is -2.29. The molecule has 2 aromatic rings. The molecule has 0 saturated heterocycles. The highest BCUT2D eigenvalue weighted by atomic mass is 32.2. The van der Waals surface area contributed by atoms with E-state index in [4.69, 9.17) is 0 Å². The van der Waals surface area contributed by atoms with Gasteiger partial charge in [-0.2, -0.15) is 5.10 Å². The van der Waals surface area contributed by atoms with E-state index in [0.29, 0.717) is 25.1 Å². The lowest BCUT2D eigenvalue weighted by molar-refractivity contribution is -0.131. The van der Waals surface area contributed by atoms with Gasteiger partial charge in [0, 0.05) is 42.7 Å². The van der Waals surface area contributed by atoms with Gasteiger partial charge in [0.1, 0.15) is 0 Å². The number of nitrogens with zero attached hydrogens (tertiary/aromatic N) is 3. The number of hydrogen-bond acceptors (Lipinski definition) is 4. The zero-order chi connectivity index (χ0) is 16.8. The fourth-order valence-electron chi connectivity index (χ4n) is 3.48. The number of benzene rings is 1. The summed E-state index contributed by atoms with van der Waals surface area (Å²) in [5.41, 5.74) is 2.86. The Labute approximate surface area is 143 Å². The van der Waals surface area contributed by atoms with Crippen molar-refractivity contribution in [1.29, 1.82) is 0 Å². The maximum absolute atomic E-state index is 12.9. The van der Waals surface area contributed by atoms with Crippen LogP contribution in [0.25, 0.3) is 0 Å². The SMILES string of the molecule is Cn1nc(C(=O)O)c2c1CCN(C(=O)C1Cc3ccccc3S1)C2. The van der Waals surface area contributed by atoms with Crippen molar-refractivity contribution in [2.24, 2.45) is 7.05 Å². The van der Waals surface area contributed by atoms with E-state index in [1.807, 2.05) is 18.2 Å². The van der Waals surface area contributed by atoms with Crippen molar-refractivity contribution in [2.75, 3.05) is 6.54 Å². The molecule has 1 N–H and O–H groups in total. The summed E-state index contributed by atoms with van der Waals surface area (Å²) in [5.74, 6) is -0.953. The number of aromatic carboxylic acids is 1. The van der Waals surface area contributed by atoms with E-state index in [-0.39, 0.29) is 16.9 Å². The van der Waals surface area contributed by atoms with Gasteiger partial charge in [0.05, 0.1) is 5.25 Å². The fraction of sp³-hybridized carbons (Fsp3) is 0.353. The highest BCUT2D eigenvalue weighted by molar-refractivity contribution is 8.01. The summed E-state index contributed by atoms with van der Waals surface area (Å²) in [6.45, 7) is 0.939. The Morgan fingerprint density at radius 3 is 2.88 bits per heavy atom. The molecule has 4 rings (SSSR count). The van der Waals surface area contributed by atoms with Crippen LogP contribution in [0.2, 0.25) is 0 Å². The van der Waals surface area contributed by atoms with Crippen LogP contribution in [0.1, 0.15) is 27.3 Å². The Kier molecular flexibility index (Phi) is 3.60. The van der Waals surface area contributed by atoms with Gasteiger partial charge in [0.15, 0.2) is 5.69 Å². The summed E-state index contributed by atoms with van der Waals surface area (Å²) in [6, 6.07) is 8.09. The summed E-state index contributed by atoms with van der Waals surface area (Å²) in [5, 5.41) is 13.3. The van der Waals surface area contributed by atoms with Gasteiger partial charge in [-0.25, -0.2) is 4.79 Å². The van der Waals surface area contributed by atoms with Crippen LogP contribution in [-0.2, 0) is 31.2 Å². The van der Waals surface area contributed by atoms with Crippen LogP contribution >= 0.6 is 11.8 Å². The first-order valence-electron chi connectivity index (χ1n) is 7.86. The molecule has 1 aromatic carbocycles. The highest BCUT2D eigenvalue weighted by Gasteiger charge is 2.35. The summed E-state index contributed by atoms with van der Waals surface area (Å²) in [7, 11) is 1.76. The van der Waals surface area contributed by atoms with E-state index in [1.165, 1.54) is 10.5 Å². The zero-order valence-electron chi connectivity index (χ0n) is 13.2. The topological polar surface area (TPSA) is 75.4 Å². The molecular formula is C17H17N3O3S. The Morgan fingerprint density at radius 1 is 1.33 bits per heavy atom. The number of aromatic nitrogens is 2. The van der Waals surface area contributed by atoms with Crippen LogP contribution in [0.5, 0.6) is 0 Å². The molecule has 3 heterocycles. The normalized spacial score (nSPS) is 19.0. The predicted octanol–water partition coefficient (Wildman–Crippen LogP) is 1.72. The first-order chi connectivity index (χ1) is 11.5. The van der Waals surface area contributed by atoms with Crippen LogP contribution in [0.3, 0.4) is 0 Å². The van der Waals surface area contributed by atoms with E-state index in [1.54, 1.807) is 28.4 Å². The second-order valence-corrected chi connectivity index (χ2v) is 7.38. The number of amides is 1. The summed E-state index contributed by atoms with van der Waals surface area (Å²) in [4.78, 5) is 27.2. The first-order valence-corrected chi connectivity index (χ1v) is 8.74. The number of carboxylic acids is 1. The van der Waals surface area contributed by atoms with Gasteiger partial charge in [0.2, 0.25) is 5.91 Å². The molecule has 0 bridgehead atoms. The number of fused-ring (bicyclic) bond motifs is 2. The predicted molar refractivity (Wildman–Crippen MR) is 89.1 cm³/mol. The van der Waals surface area contributed by atoms with Crippen molar-refractivity contribution in [3.8, 4) is 0 Å². The Balaban J connectivity index is 1.55. The van der Waals surface area contributed by atoms with Gasteiger partial charge in [0.25, 0.3) is 0 Å². The second-order valence-electron chi connectivity index (χ2n) is 6.13. The van der Waals surface area contributed by atoms with Gasteiger partial charge in [-0.3, -0.25) is 9.48 Å². The van der Waals surface area contributed by atoms with Crippen molar-refractivity contribution >= 4 is 23.6 Å². The van der Waals surface area contributed by atoms with Crippen molar-refractivity contribution in [3.05, 3.63) is 46.8 Å². The zero-order valence-corrected chi connectivity index (χ0v) is 14.0. The van der Waals surface area contributed by atoms with Gasteiger partial charge in [-0.05, 0) is 18.1 Å². The summed E-state index contributed by atoms with van der Waals surface area (Å²) in [6.07, 6.45) is 1.38. The average Bonchev–Trinajstić information content (AvgIpc) is 3.15. The van der Waals surface area contributed by atoms with Gasteiger partial charge < -0.3 is 10.0 Å². The standard InChI is InChI=1S/C17H17N3O3S/c1-19-12-6-7-20(9-11(12)15(18-19)17(22)23)16(21)14-8-10-4-2-3-5-13(10)24-14/h2-5,14H,6-9H2,1H3,(H,22,23). The van der Waals surface area contributed by atoms with E-state index in [9.17, 15) is 14.7 Å². The molecule has 0 spiro atoms. The van der Waals surface area contributed by atoms with Crippen LogP contribution < -0.4 is 0 Å². The van der Waals surface area contributed by atoms with Crippen molar-refractivity contribution < 1.29 is 14.7 Å². The molecule has 0 radical (unpaired) electrons. The molecule has 0 aliphatic carbocycles. The first kappa shape index (κ1) is 15.3. The molecule has 2 aliphatic heterocycles. The quantitative estimate of drug-likeness (QED) is 0.899. The van der Waals surface area contributed by atoms with Gasteiger partial charge in [-0.1, -0.05) is 18.2 Å². The third kappa shape index (κ3) is 2.39. The van der Waals surface area contributed by atoms with E-state index < -0.39 is 5.97 Å². The van der Waals surface area contributed by atoms with E-state index in [2.05, 4.69) is 11.2 Å². The minimum absolute atomic E-state index is 0.0624. The molecule has 124 valence electrons. The van der Waals surface area contributed by atoms with Crippen LogP contribution in [-0.4, -0.2) is 43.5 Å². The molecule has 1 unspecified atom stereocenters. The van der Waals surface area contributed by atoms with Crippen LogP contribution in [0.15, 0.2) is 29.2 Å². The Morgan fingerprint density at radius 2 is 2.12 bits per heavy atom. The third-order valence-electron chi connectivity index (χ3n) is 4.68. The molecule has 24 heavy (non-hydrogen) atoms. The maximum Gasteiger partial charge on any atom is 0.356 e. The molecule has 0 saturated carbocycles. The molecule has 0 fully saturated rings. The number of carbonyl (C=O) groups is 2. The van der Waals surface area contributed by atoms with Crippen molar-refractivity contribution in [1.82, 2.24) is 14.7 Å². The summed E-state index contributed by atoms with van der Waals surface area (Å²) >= 11 is 1.61. The Bertz CT molecular complexity index is 821. The van der Waals surface area contributed by atoms with Gasteiger partial charge in [-0.15, -0.1) is 11.8 Å². The molecule has 6 nitrogen and oxygen atoms in total. The molecule has 7 heteroatoms. The number of aryl methyl sites for hydroxylation is 1. The minimum atomic E-state index is -1.04. The van der Waals surface area contributed by atoms with Crippen LogP contribution in [0.4, 0.5) is 0 Å². The van der Waals surface area contributed by atoms with E-state index >= 15 is 0 Å². The number of rotatable bonds is 2. The number of carbonyl (C=O) groups excluding carboxylic acids is 1. The maximum atomic E-state index is 12.9. The molecule has 1 aromatic heterocycles. The van der Waals surface area contributed by atoms with Crippen molar-refractivity contribution in [3.63, 3.8) is 0 Å². The minimum Gasteiger partial charge on any atom is -0.476 e. The van der Waals surface area contributed by atoms with Crippen molar-refractivity contribution in [2.45, 2.75) is 29.5 Å². The monoisotopic (exact) mass is 343 g/mol. The number of carboxylic acid groups (broad SMARTS) is 1. The smallest absolute Gasteiger partial charge is 0.356 e. The fourth-order valence-corrected chi connectivity index (χ4v) is 4.75. The van der Waals surface area contributed by atoms with Crippen LogP contribution in [0, 0.1) is 0 Å². The van der Waals surface area contributed by atoms with E-state index in [0.717, 1.165) is 12.1 Å². The largest absolute Gasteiger partial charge is 0.476 e. The van der Waals surface area contributed by atoms with Gasteiger partial charge >= 0.3 is 5.97 Å². The number of thioether (sulfide) groups is 1. The molecule has 1 amide bonds. The third-order valence-corrected chi connectivity index (χ3v) is 5.98. The summed E-state index contributed by atoms with van der Waals surface area (Å²) < 4.78 is 1.63. The highest BCUT2D eigenvalue weighted by Crippen LogP contribution is 2.38. The molecule has 2 aliphatic rings.